The molecule has 0 aliphatic heterocycles. The molecular weight excluding hydrogens is 351 g/mol. The predicted octanol–water partition coefficient (Wildman–Crippen LogP) is 1.85. The van der Waals surface area contributed by atoms with Gasteiger partial charge in [-0.3, -0.25) is 19.1 Å². The van der Waals surface area contributed by atoms with E-state index in [9.17, 15) is 27.6 Å². The number of nitrogens with one attached hydrogen (secondary N) is 2. The van der Waals surface area contributed by atoms with E-state index < -0.39 is 28.9 Å². The van der Waals surface area contributed by atoms with Gasteiger partial charge in [0.25, 0.3) is 11.5 Å². The van der Waals surface area contributed by atoms with Crippen molar-refractivity contribution in [3.05, 3.63) is 80.1 Å². The third kappa shape index (κ3) is 4.95. The molecule has 2 N–H and O–H groups in total. The summed E-state index contributed by atoms with van der Waals surface area (Å²) in [6, 6.07) is 4.12. The van der Waals surface area contributed by atoms with Crippen LogP contribution in [0.25, 0.3) is 0 Å². The van der Waals surface area contributed by atoms with Gasteiger partial charge >= 0.3 is 11.9 Å². The number of hydrogen-bond acceptors (Lipinski definition) is 3. The van der Waals surface area contributed by atoms with E-state index in [0.717, 1.165) is 12.1 Å². The van der Waals surface area contributed by atoms with Gasteiger partial charge in [-0.2, -0.15) is 13.2 Å². The number of nitrogens with zero attached hydrogens (tertiary/aromatic N) is 1. The zero-order chi connectivity index (χ0) is 19.3. The molecule has 6 nitrogen and oxygen atoms in total. The Morgan fingerprint density at radius 3 is 2.69 bits per heavy atom. The molecule has 0 saturated heterocycles. The number of carbonyl (C=O) groups excluding carboxylic acids is 1. The predicted molar refractivity (Wildman–Crippen MR) is 89.0 cm³/mol. The molecule has 0 aliphatic rings. The smallest absolute Gasteiger partial charge is 0.349 e. The Morgan fingerprint density at radius 2 is 2.00 bits per heavy atom. The second kappa shape index (κ2) is 7.85. The van der Waals surface area contributed by atoms with Crippen molar-refractivity contribution < 1.29 is 18.0 Å². The fraction of sp³-hybridized carbons (Fsp3) is 0.235. The van der Waals surface area contributed by atoms with Crippen molar-refractivity contribution in [3.8, 4) is 0 Å². The number of allylic oxidation sites excluding steroid dienone is 1. The molecular formula is C17H16F3N3O3. The van der Waals surface area contributed by atoms with Crippen LogP contribution in [0.3, 0.4) is 0 Å². The SMILES string of the molecule is Cc1cn(C/C=C\CNC(=O)c2cccc(C(F)(F)F)c2)c(=O)[nH]c1=O. The summed E-state index contributed by atoms with van der Waals surface area (Å²) in [6.45, 7) is 1.82. The first-order valence-electron chi connectivity index (χ1n) is 7.59. The topological polar surface area (TPSA) is 84.0 Å². The number of rotatable bonds is 5. The monoisotopic (exact) mass is 367 g/mol. The van der Waals surface area contributed by atoms with Crippen LogP contribution in [0.2, 0.25) is 0 Å². The van der Waals surface area contributed by atoms with Crippen LogP contribution in [0.1, 0.15) is 21.5 Å². The Hall–Kier alpha value is -3.10. The third-order valence-electron chi connectivity index (χ3n) is 3.49. The molecule has 0 atom stereocenters. The third-order valence-corrected chi connectivity index (χ3v) is 3.49. The molecule has 138 valence electrons. The first-order chi connectivity index (χ1) is 12.2. The van der Waals surface area contributed by atoms with Crippen LogP contribution in [0.4, 0.5) is 13.2 Å². The minimum absolute atomic E-state index is 0.0756. The van der Waals surface area contributed by atoms with Gasteiger partial charge in [-0.1, -0.05) is 18.2 Å². The molecule has 0 aliphatic carbocycles. The largest absolute Gasteiger partial charge is 0.416 e. The van der Waals surface area contributed by atoms with Crippen molar-refractivity contribution in [2.45, 2.75) is 19.6 Å². The number of aromatic amines is 1. The van der Waals surface area contributed by atoms with E-state index in [1.165, 1.54) is 22.9 Å². The van der Waals surface area contributed by atoms with Crippen molar-refractivity contribution in [3.63, 3.8) is 0 Å². The summed E-state index contributed by atoms with van der Waals surface area (Å²) < 4.78 is 39.2. The highest BCUT2D eigenvalue weighted by Gasteiger charge is 2.30. The fourth-order valence-corrected chi connectivity index (χ4v) is 2.12. The van der Waals surface area contributed by atoms with E-state index in [4.69, 9.17) is 0 Å². The minimum atomic E-state index is -4.52. The maximum Gasteiger partial charge on any atom is 0.416 e. The number of alkyl halides is 3. The zero-order valence-electron chi connectivity index (χ0n) is 13.8. The minimum Gasteiger partial charge on any atom is -0.349 e. The van der Waals surface area contributed by atoms with Crippen molar-refractivity contribution in [1.29, 1.82) is 0 Å². The molecule has 1 heterocycles. The average Bonchev–Trinajstić information content (AvgIpc) is 2.58. The molecule has 2 rings (SSSR count). The van der Waals surface area contributed by atoms with E-state index in [-0.39, 0.29) is 18.7 Å². The summed E-state index contributed by atoms with van der Waals surface area (Å²) in [4.78, 5) is 36.9. The molecule has 0 unspecified atom stereocenters. The summed E-state index contributed by atoms with van der Waals surface area (Å²) >= 11 is 0. The van der Waals surface area contributed by atoms with E-state index in [0.29, 0.717) is 5.56 Å². The fourth-order valence-electron chi connectivity index (χ4n) is 2.12. The van der Waals surface area contributed by atoms with Gasteiger partial charge in [0.1, 0.15) is 0 Å². The molecule has 0 fully saturated rings. The molecule has 0 bridgehead atoms. The van der Waals surface area contributed by atoms with Crippen LogP contribution in [-0.4, -0.2) is 22.0 Å². The second-order valence-corrected chi connectivity index (χ2v) is 5.48. The standard InChI is InChI=1S/C17H16F3N3O3/c1-11-10-23(16(26)22-14(11)24)8-3-2-7-21-15(25)12-5-4-6-13(9-12)17(18,19)20/h2-6,9-10H,7-8H2,1H3,(H,21,25)(H,22,24,26)/b3-2-. The average molecular weight is 367 g/mol. The molecule has 26 heavy (non-hydrogen) atoms. The number of hydrogen-bond donors (Lipinski definition) is 2. The highest BCUT2D eigenvalue weighted by molar-refractivity contribution is 5.94. The molecule has 0 spiro atoms. The number of halogens is 3. The number of carbonyl (C=O) groups is 1. The molecule has 0 radical (unpaired) electrons. The number of amides is 1. The normalized spacial score (nSPS) is 11.7. The molecule has 1 amide bonds. The maximum absolute atomic E-state index is 12.6. The lowest BCUT2D eigenvalue weighted by atomic mass is 10.1. The quantitative estimate of drug-likeness (QED) is 0.791. The van der Waals surface area contributed by atoms with Crippen LogP contribution >= 0.6 is 0 Å². The molecule has 1 aromatic carbocycles. The van der Waals surface area contributed by atoms with Crippen molar-refractivity contribution in [2.75, 3.05) is 6.54 Å². The summed E-state index contributed by atoms with van der Waals surface area (Å²) in [5, 5.41) is 2.46. The van der Waals surface area contributed by atoms with Gasteiger partial charge in [0.05, 0.1) is 5.56 Å². The highest BCUT2D eigenvalue weighted by atomic mass is 19.4. The number of H-pyrrole nitrogens is 1. The van der Waals surface area contributed by atoms with Gasteiger partial charge in [-0.25, -0.2) is 4.79 Å². The second-order valence-electron chi connectivity index (χ2n) is 5.48. The lowest BCUT2D eigenvalue weighted by Gasteiger charge is -2.08. The number of aryl methyl sites for hydroxylation is 1. The van der Waals surface area contributed by atoms with Crippen LogP contribution in [0, 0.1) is 6.92 Å². The highest BCUT2D eigenvalue weighted by Crippen LogP contribution is 2.29. The van der Waals surface area contributed by atoms with Gasteiger partial charge in [-0.15, -0.1) is 0 Å². The molecule has 2 aromatic rings. The van der Waals surface area contributed by atoms with Gasteiger partial charge in [0.2, 0.25) is 0 Å². The van der Waals surface area contributed by atoms with E-state index in [2.05, 4.69) is 10.3 Å². The first kappa shape index (κ1) is 19.2. The van der Waals surface area contributed by atoms with Crippen LogP contribution in [-0.2, 0) is 12.7 Å². The Balaban J connectivity index is 1.93. The maximum atomic E-state index is 12.6. The summed E-state index contributed by atoms with van der Waals surface area (Å²) in [5.41, 5.74) is -1.62. The summed E-state index contributed by atoms with van der Waals surface area (Å²) in [6.07, 6.45) is 0.0366. The van der Waals surface area contributed by atoms with E-state index >= 15 is 0 Å². The Labute approximate surface area is 146 Å². The van der Waals surface area contributed by atoms with Crippen molar-refractivity contribution >= 4 is 5.91 Å². The molecule has 9 heteroatoms. The Kier molecular flexibility index (Phi) is 5.81. The van der Waals surface area contributed by atoms with Crippen LogP contribution in [0.5, 0.6) is 0 Å². The lowest BCUT2D eigenvalue weighted by molar-refractivity contribution is -0.137. The van der Waals surface area contributed by atoms with Gasteiger partial charge < -0.3 is 5.32 Å². The first-order valence-corrected chi connectivity index (χ1v) is 7.59. The zero-order valence-corrected chi connectivity index (χ0v) is 13.8. The number of benzene rings is 1. The van der Waals surface area contributed by atoms with Gasteiger partial charge in [0, 0.05) is 30.4 Å². The van der Waals surface area contributed by atoms with Crippen LogP contribution < -0.4 is 16.6 Å². The summed E-state index contributed by atoms with van der Waals surface area (Å²) in [7, 11) is 0. The van der Waals surface area contributed by atoms with Crippen molar-refractivity contribution in [2.24, 2.45) is 0 Å². The van der Waals surface area contributed by atoms with Gasteiger partial charge in [0.15, 0.2) is 0 Å². The molecule has 1 aromatic heterocycles. The molecule has 0 saturated carbocycles. The van der Waals surface area contributed by atoms with Crippen LogP contribution in [0.15, 0.2) is 52.2 Å². The van der Waals surface area contributed by atoms with E-state index in [1.807, 2.05) is 0 Å². The van der Waals surface area contributed by atoms with E-state index in [1.54, 1.807) is 19.1 Å². The number of aromatic nitrogens is 2. The Bertz CT molecular complexity index is 942. The van der Waals surface area contributed by atoms with Gasteiger partial charge in [-0.05, 0) is 25.1 Å². The summed E-state index contributed by atoms with van der Waals surface area (Å²) in [5.74, 6) is -0.641. The van der Waals surface area contributed by atoms with Crippen molar-refractivity contribution in [1.82, 2.24) is 14.9 Å². The Morgan fingerprint density at radius 1 is 1.27 bits per heavy atom. The lowest BCUT2D eigenvalue weighted by Crippen LogP contribution is -2.30.